The first-order valence-corrected chi connectivity index (χ1v) is 6.65. The normalized spacial score (nSPS) is 13.9. The summed E-state index contributed by atoms with van der Waals surface area (Å²) in [6, 6.07) is 6.30. The summed E-state index contributed by atoms with van der Waals surface area (Å²) in [5.74, 6) is 0. The Morgan fingerprint density at radius 2 is 2.00 bits per heavy atom. The molecule has 1 nitrogen and oxygen atoms in total. The number of benzene rings is 1. The Balaban J connectivity index is 2.70. The minimum absolute atomic E-state index is 0.278. The molecule has 1 rings (SSSR count). The quantitative estimate of drug-likeness (QED) is 0.846. The summed E-state index contributed by atoms with van der Waals surface area (Å²) < 4.78 is 1.02. The first-order valence-electron chi connectivity index (χ1n) is 5.48. The van der Waals surface area contributed by atoms with Crippen molar-refractivity contribution >= 4 is 27.5 Å². The largest absolute Gasteiger partial charge is 0.310 e. The molecule has 0 radical (unpaired) electrons. The van der Waals surface area contributed by atoms with E-state index < -0.39 is 0 Å². The molecule has 0 aliphatic rings. The van der Waals surface area contributed by atoms with Gasteiger partial charge in [-0.3, -0.25) is 0 Å². The average Bonchev–Trinajstić information content (AvgIpc) is 2.13. The zero-order chi connectivity index (χ0) is 12.3. The van der Waals surface area contributed by atoms with E-state index in [0.29, 0.717) is 0 Å². The molecule has 0 aromatic heterocycles. The first-order chi connectivity index (χ1) is 7.29. The molecule has 1 atom stereocenters. The van der Waals surface area contributed by atoms with Crippen LogP contribution in [0.5, 0.6) is 0 Å². The molecule has 90 valence electrons. The van der Waals surface area contributed by atoms with Crippen LogP contribution in [0.15, 0.2) is 22.7 Å². The zero-order valence-electron chi connectivity index (χ0n) is 10.3. The first kappa shape index (κ1) is 14.0. The molecule has 0 aliphatic carbocycles. The van der Waals surface area contributed by atoms with E-state index in [2.05, 4.69) is 55.0 Å². The number of halogens is 2. The number of hydrogen-bond acceptors (Lipinski definition) is 1. The van der Waals surface area contributed by atoms with Gasteiger partial charge in [0, 0.05) is 22.1 Å². The lowest BCUT2D eigenvalue weighted by Gasteiger charge is -2.23. The van der Waals surface area contributed by atoms with Gasteiger partial charge in [0.05, 0.1) is 0 Å². The van der Waals surface area contributed by atoms with E-state index in [4.69, 9.17) is 11.6 Å². The molecule has 0 amide bonds. The van der Waals surface area contributed by atoms with Crippen molar-refractivity contribution in [3.05, 3.63) is 33.3 Å². The SMILES string of the molecule is CC(NCC(C)(C)C)c1ccc(Br)cc1Cl. The maximum Gasteiger partial charge on any atom is 0.0464 e. The van der Waals surface area contributed by atoms with Crippen LogP contribution in [0.2, 0.25) is 5.02 Å². The van der Waals surface area contributed by atoms with Gasteiger partial charge in [0.2, 0.25) is 0 Å². The van der Waals surface area contributed by atoms with Gasteiger partial charge in [-0.15, -0.1) is 0 Å². The van der Waals surface area contributed by atoms with Gasteiger partial charge in [0.25, 0.3) is 0 Å². The van der Waals surface area contributed by atoms with E-state index in [9.17, 15) is 0 Å². The number of rotatable bonds is 3. The van der Waals surface area contributed by atoms with Crippen LogP contribution in [0.1, 0.15) is 39.3 Å². The lowest BCUT2D eigenvalue weighted by Crippen LogP contribution is -2.29. The molecule has 1 aromatic rings. The van der Waals surface area contributed by atoms with Crippen molar-refractivity contribution in [1.29, 1.82) is 0 Å². The predicted molar refractivity (Wildman–Crippen MR) is 75.0 cm³/mol. The Bertz CT molecular complexity index is 357. The summed E-state index contributed by atoms with van der Waals surface area (Å²) in [4.78, 5) is 0. The summed E-state index contributed by atoms with van der Waals surface area (Å²) in [6.07, 6.45) is 0. The van der Waals surface area contributed by atoms with Gasteiger partial charge in [0.1, 0.15) is 0 Å². The fraction of sp³-hybridized carbons (Fsp3) is 0.538. The Hall–Kier alpha value is -0.0500. The molecule has 1 N–H and O–H groups in total. The van der Waals surface area contributed by atoms with Crippen molar-refractivity contribution in [3.8, 4) is 0 Å². The molecule has 0 saturated heterocycles. The average molecular weight is 305 g/mol. The van der Waals surface area contributed by atoms with Gasteiger partial charge in [-0.25, -0.2) is 0 Å². The zero-order valence-corrected chi connectivity index (χ0v) is 12.6. The molecule has 0 spiro atoms. The van der Waals surface area contributed by atoms with Crippen LogP contribution in [0.25, 0.3) is 0 Å². The minimum Gasteiger partial charge on any atom is -0.310 e. The molecule has 0 heterocycles. The number of nitrogens with one attached hydrogen (secondary N) is 1. The van der Waals surface area contributed by atoms with Gasteiger partial charge in [0.15, 0.2) is 0 Å². The predicted octanol–water partition coefficient (Wildman–Crippen LogP) is 4.80. The number of hydrogen-bond donors (Lipinski definition) is 1. The van der Waals surface area contributed by atoms with E-state index in [1.54, 1.807) is 0 Å². The van der Waals surface area contributed by atoms with Gasteiger partial charge in [-0.2, -0.15) is 0 Å². The summed E-state index contributed by atoms with van der Waals surface area (Å²) >= 11 is 9.62. The molecule has 0 saturated carbocycles. The van der Waals surface area contributed by atoms with Gasteiger partial charge in [-0.1, -0.05) is 54.4 Å². The molecular formula is C13H19BrClN. The lowest BCUT2D eigenvalue weighted by atomic mass is 9.96. The second-order valence-corrected chi connectivity index (χ2v) is 6.65. The summed E-state index contributed by atoms with van der Waals surface area (Å²) in [5.41, 5.74) is 1.44. The van der Waals surface area contributed by atoms with Crippen LogP contribution < -0.4 is 5.32 Å². The van der Waals surface area contributed by atoms with Crippen LogP contribution in [0, 0.1) is 5.41 Å². The van der Waals surface area contributed by atoms with Crippen molar-refractivity contribution in [2.24, 2.45) is 5.41 Å². The summed E-state index contributed by atoms with van der Waals surface area (Å²) in [5, 5.41) is 4.31. The molecule has 16 heavy (non-hydrogen) atoms. The van der Waals surface area contributed by atoms with Crippen LogP contribution in [0.3, 0.4) is 0 Å². The highest BCUT2D eigenvalue weighted by Gasteiger charge is 2.14. The van der Waals surface area contributed by atoms with E-state index in [1.165, 1.54) is 0 Å². The van der Waals surface area contributed by atoms with Gasteiger partial charge < -0.3 is 5.32 Å². The van der Waals surface area contributed by atoms with Crippen molar-refractivity contribution in [3.63, 3.8) is 0 Å². The topological polar surface area (TPSA) is 12.0 Å². The highest BCUT2D eigenvalue weighted by Crippen LogP contribution is 2.26. The minimum atomic E-state index is 0.278. The molecule has 1 unspecified atom stereocenters. The van der Waals surface area contributed by atoms with Gasteiger partial charge in [-0.05, 0) is 30.0 Å². The van der Waals surface area contributed by atoms with Crippen molar-refractivity contribution < 1.29 is 0 Å². The standard InChI is InChI=1S/C13H19BrClN/c1-9(16-8-13(2,3)4)11-6-5-10(14)7-12(11)15/h5-7,9,16H,8H2,1-4H3. The monoisotopic (exact) mass is 303 g/mol. The molecular weight excluding hydrogens is 286 g/mol. The van der Waals surface area contributed by atoms with E-state index in [0.717, 1.165) is 21.6 Å². The molecule has 3 heteroatoms. The second kappa shape index (κ2) is 5.52. The highest BCUT2D eigenvalue weighted by atomic mass is 79.9. The third-order valence-corrected chi connectivity index (χ3v) is 3.19. The summed E-state index contributed by atoms with van der Waals surface area (Å²) in [7, 11) is 0. The van der Waals surface area contributed by atoms with E-state index in [-0.39, 0.29) is 11.5 Å². The molecule has 0 bridgehead atoms. The fourth-order valence-electron chi connectivity index (χ4n) is 1.42. The van der Waals surface area contributed by atoms with Crippen molar-refractivity contribution in [2.75, 3.05) is 6.54 Å². The fourth-order valence-corrected chi connectivity index (χ4v) is 2.26. The Labute approximate surface area is 112 Å². The highest BCUT2D eigenvalue weighted by molar-refractivity contribution is 9.10. The van der Waals surface area contributed by atoms with Gasteiger partial charge >= 0.3 is 0 Å². The third-order valence-electron chi connectivity index (χ3n) is 2.37. The van der Waals surface area contributed by atoms with E-state index in [1.807, 2.05) is 12.1 Å². The Morgan fingerprint density at radius 3 is 2.50 bits per heavy atom. The maximum absolute atomic E-state index is 6.20. The third kappa shape index (κ3) is 4.44. The van der Waals surface area contributed by atoms with Crippen molar-refractivity contribution in [2.45, 2.75) is 33.7 Å². The maximum atomic E-state index is 6.20. The van der Waals surface area contributed by atoms with Crippen molar-refractivity contribution in [1.82, 2.24) is 5.32 Å². The van der Waals surface area contributed by atoms with Crippen LogP contribution in [-0.4, -0.2) is 6.54 Å². The molecule has 1 aromatic carbocycles. The van der Waals surface area contributed by atoms with E-state index >= 15 is 0 Å². The van der Waals surface area contributed by atoms with Crippen LogP contribution in [0.4, 0.5) is 0 Å². The molecule has 0 fully saturated rings. The summed E-state index contributed by atoms with van der Waals surface area (Å²) in [6.45, 7) is 9.77. The Kier molecular flexibility index (Phi) is 4.84. The molecule has 0 aliphatic heterocycles. The lowest BCUT2D eigenvalue weighted by molar-refractivity contribution is 0.359. The van der Waals surface area contributed by atoms with Crippen LogP contribution >= 0.6 is 27.5 Å². The second-order valence-electron chi connectivity index (χ2n) is 5.33. The smallest absolute Gasteiger partial charge is 0.0464 e. The Morgan fingerprint density at radius 1 is 1.38 bits per heavy atom. The van der Waals surface area contributed by atoms with Crippen LogP contribution in [-0.2, 0) is 0 Å².